The average molecular weight is 218 g/mol. The van der Waals surface area contributed by atoms with Gasteiger partial charge in [-0.15, -0.1) is 0 Å². The van der Waals surface area contributed by atoms with Gasteiger partial charge in [-0.05, 0) is 27.2 Å². The Morgan fingerprint density at radius 1 is 1.20 bits per heavy atom. The molecular weight excluding hydrogens is 196 g/mol. The fraction of sp³-hybridized carbons (Fsp3) is 0.909. The topological polar surface area (TPSA) is 44.8 Å². The second kappa shape index (κ2) is 6.08. The smallest absolute Gasteiger partial charge is 0.314 e. The van der Waals surface area contributed by atoms with Crippen molar-refractivity contribution in [3.05, 3.63) is 0 Å². The minimum atomic E-state index is -0.537. The summed E-state index contributed by atoms with van der Waals surface area (Å²) in [5.74, 6) is -0.655. The molecule has 15 heavy (non-hydrogen) atoms. The maximum absolute atomic E-state index is 11.8. The first kappa shape index (κ1) is 14.4. The Morgan fingerprint density at radius 3 is 1.93 bits per heavy atom. The molecule has 0 spiro atoms. The van der Waals surface area contributed by atoms with Crippen LogP contribution >= 0.6 is 0 Å². The van der Waals surface area contributed by atoms with Crippen molar-refractivity contribution in [2.75, 3.05) is 14.2 Å². The zero-order chi connectivity index (χ0) is 12.1. The summed E-state index contributed by atoms with van der Waals surface area (Å²) in [6, 6.07) is 0. The van der Waals surface area contributed by atoms with E-state index >= 15 is 0 Å². The molecule has 0 aromatic rings. The lowest BCUT2D eigenvalue weighted by atomic mass is 10.1. The predicted molar refractivity (Wildman–Crippen MR) is 57.4 cm³/mol. The van der Waals surface area contributed by atoms with Gasteiger partial charge in [0.25, 0.3) is 0 Å². The Balaban J connectivity index is 4.46. The number of ether oxygens (including phenoxy) is 3. The lowest BCUT2D eigenvalue weighted by Gasteiger charge is -2.26. The average Bonchev–Trinajstić information content (AvgIpc) is 2.10. The van der Waals surface area contributed by atoms with Gasteiger partial charge in [-0.1, -0.05) is 6.92 Å². The third kappa shape index (κ3) is 5.14. The van der Waals surface area contributed by atoms with Crippen LogP contribution in [-0.2, 0) is 19.0 Å². The van der Waals surface area contributed by atoms with Crippen LogP contribution in [0, 0.1) is 5.92 Å². The van der Waals surface area contributed by atoms with E-state index in [1.807, 2.05) is 27.7 Å². The van der Waals surface area contributed by atoms with Crippen molar-refractivity contribution in [2.24, 2.45) is 5.92 Å². The number of hydrogen-bond donors (Lipinski definition) is 0. The van der Waals surface area contributed by atoms with Crippen LogP contribution in [0.5, 0.6) is 0 Å². The molecule has 90 valence electrons. The van der Waals surface area contributed by atoms with Crippen LogP contribution in [0.2, 0.25) is 0 Å². The molecule has 0 aliphatic carbocycles. The normalized spacial score (nSPS) is 14.1. The van der Waals surface area contributed by atoms with Crippen LogP contribution in [0.1, 0.15) is 34.1 Å². The summed E-state index contributed by atoms with van der Waals surface area (Å²) in [7, 11) is 3.03. The summed E-state index contributed by atoms with van der Waals surface area (Å²) in [4.78, 5) is 11.8. The summed E-state index contributed by atoms with van der Waals surface area (Å²) in [6.07, 6.45) is 0.0891. The maximum Gasteiger partial charge on any atom is 0.314 e. The van der Waals surface area contributed by atoms with E-state index in [1.54, 1.807) is 0 Å². The summed E-state index contributed by atoms with van der Waals surface area (Å²) in [5, 5.41) is 0. The molecule has 0 aliphatic heterocycles. The highest BCUT2D eigenvalue weighted by molar-refractivity contribution is 5.73. The number of carbonyl (C=O) groups excluding carboxylic acids is 1. The highest BCUT2D eigenvalue weighted by Gasteiger charge is 2.30. The van der Waals surface area contributed by atoms with Crippen LogP contribution in [0.25, 0.3) is 0 Å². The highest BCUT2D eigenvalue weighted by Crippen LogP contribution is 2.18. The molecule has 1 unspecified atom stereocenters. The number of hydrogen-bond acceptors (Lipinski definition) is 4. The quantitative estimate of drug-likeness (QED) is 0.523. The summed E-state index contributed by atoms with van der Waals surface area (Å²) >= 11 is 0. The molecule has 0 saturated carbocycles. The van der Waals surface area contributed by atoms with Gasteiger partial charge in [0.05, 0.1) is 0 Å². The minimum absolute atomic E-state index is 0.279. The highest BCUT2D eigenvalue weighted by atomic mass is 16.7. The van der Waals surface area contributed by atoms with Crippen LogP contribution in [0.4, 0.5) is 0 Å². The van der Waals surface area contributed by atoms with Gasteiger partial charge < -0.3 is 14.2 Å². The molecule has 0 bridgehead atoms. The molecule has 0 fully saturated rings. The van der Waals surface area contributed by atoms with E-state index in [2.05, 4.69) is 0 Å². The van der Waals surface area contributed by atoms with Crippen molar-refractivity contribution in [1.29, 1.82) is 0 Å². The molecule has 0 amide bonds. The molecule has 1 atom stereocenters. The van der Waals surface area contributed by atoms with E-state index < -0.39 is 11.9 Å². The van der Waals surface area contributed by atoms with E-state index in [1.165, 1.54) is 14.2 Å². The van der Waals surface area contributed by atoms with Crippen molar-refractivity contribution < 1.29 is 19.0 Å². The molecule has 0 radical (unpaired) electrons. The first-order valence-corrected chi connectivity index (χ1v) is 5.14. The zero-order valence-electron chi connectivity index (χ0n) is 10.5. The van der Waals surface area contributed by atoms with Gasteiger partial charge in [-0.3, -0.25) is 4.79 Å². The molecule has 0 heterocycles. The lowest BCUT2D eigenvalue weighted by Crippen LogP contribution is -2.36. The van der Waals surface area contributed by atoms with Gasteiger partial charge in [0.1, 0.15) is 11.5 Å². The minimum Gasteiger partial charge on any atom is -0.460 e. The van der Waals surface area contributed by atoms with Gasteiger partial charge in [0.15, 0.2) is 6.29 Å². The molecule has 0 aliphatic rings. The van der Waals surface area contributed by atoms with Gasteiger partial charge >= 0.3 is 5.97 Å². The molecule has 0 N–H and O–H groups in total. The van der Waals surface area contributed by atoms with Crippen LogP contribution in [0.3, 0.4) is 0 Å². The molecule has 4 nitrogen and oxygen atoms in total. The van der Waals surface area contributed by atoms with Gasteiger partial charge in [-0.25, -0.2) is 0 Å². The van der Waals surface area contributed by atoms with Gasteiger partial charge in [-0.2, -0.15) is 0 Å². The van der Waals surface area contributed by atoms with Crippen LogP contribution < -0.4 is 0 Å². The third-order valence-corrected chi connectivity index (χ3v) is 1.94. The number of esters is 1. The molecular formula is C11H22O4. The monoisotopic (exact) mass is 218 g/mol. The van der Waals surface area contributed by atoms with Crippen LogP contribution in [0.15, 0.2) is 0 Å². The Bertz CT molecular complexity index is 191. The Morgan fingerprint density at radius 2 is 1.67 bits per heavy atom. The second-order valence-corrected chi connectivity index (χ2v) is 4.39. The van der Waals surface area contributed by atoms with Crippen molar-refractivity contribution in [2.45, 2.75) is 46.0 Å². The SMILES string of the molecule is CCC(C(=O)OC(C)(C)C)C(OC)OC. The lowest BCUT2D eigenvalue weighted by molar-refractivity contribution is -0.185. The number of carbonyl (C=O) groups is 1. The largest absolute Gasteiger partial charge is 0.460 e. The first-order valence-electron chi connectivity index (χ1n) is 5.14. The summed E-state index contributed by atoms with van der Waals surface area (Å²) in [5.41, 5.74) is -0.476. The van der Waals surface area contributed by atoms with Gasteiger partial charge in [0, 0.05) is 14.2 Å². The van der Waals surface area contributed by atoms with E-state index in [-0.39, 0.29) is 11.9 Å². The van der Waals surface area contributed by atoms with Crippen molar-refractivity contribution in [3.8, 4) is 0 Å². The zero-order valence-corrected chi connectivity index (χ0v) is 10.5. The molecule has 0 rings (SSSR count). The van der Waals surface area contributed by atoms with Gasteiger partial charge in [0.2, 0.25) is 0 Å². The first-order chi connectivity index (χ1) is 6.85. The number of methoxy groups -OCH3 is 2. The Hall–Kier alpha value is -0.610. The molecule has 0 saturated heterocycles. The molecule has 4 heteroatoms. The number of rotatable bonds is 5. The maximum atomic E-state index is 11.8. The fourth-order valence-electron chi connectivity index (χ4n) is 1.27. The van der Waals surface area contributed by atoms with E-state index in [9.17, 15) is 4.79 Å². The van der Waals surface area contributed by atoms with Crippen molar-refractivity contribution in [3.63, 3.8) is 0 Å². The summed E-state index contributed by atoms with van der Waals surface area (Å²) in [6.45, 7) is 7.42. The predicted octanol–water partition coefficient (Wildman–Crippen LogP) is 1.97. The molecule has 0 aromatic carbocycles. The van der Waals surface area contributed by atoms with Crippen LogP contribution in [-0.4, -0.2) is 32.1 Å². The second-order valence-electron chi connectivity index (χ2n) is 4.39. The Kier molecular flexibility index (Phi) is 5.83. The van der Waals surface area contributed by atoms with E-state index in [0.29, 0.717) is 6.42 Å². The van der Waals surface area contributed by atoms with E-state index in [0.717, 1.165) is 0 Å². The Labute approximate surface area is 91.9 Å². The van der Waals surface area contributed by atoms with Crippen molar-refractivity contribution >= 4 is 5.97 Å². The summed E-state index contributed by atoms with van der Waals surface area (Å²) < 4.78 is 15.4. The third-order valence-electron chi connectivity index (χ3n) is 1.94. The van der Waals surface area contributed by atoms with Crippen molar-refractivity contribution in [1.82, 2.24) is 0 Å². The molecule has 0 aromatic heterocycles. The fourth-order valence-corrected chi connectivity index (χ4v) is 1.27. The standard InChI is InChI=1S/C11H22O4/c1-7-8(10(13-5)14-6)9(12)15-11(2,3)4/h8,10H,7H2,1-6H3. The van der Waals surface area contributed by atoms with E-state index in [4.69, 9.17) is 14.2 Å².